The molecule has 3 rings (SSSR count). The summed E-state index contributed by atoms with van der Waals surface area (Å²) in [6, 6.07) is 16.2. The van der Waals surface area contributed by atoms with Crippen LogP contribution in [0.1, 0.15) is 29.3 Å². The van der Waals surface area contributed by atoms with E-state index in [1.807, 2.05) is 48.0 Å². The number of benzene rings is 2. The van der Waals surface area contributed by atoms with Gasteiger partial charge in [-0.05, 0) is 24.1 Å². The van der Waals surface area contributed by atoms with Crippen molar-refractivity contribution < 1.29 is 9.18 Å². The molecule has 0 saturated heterocycles. The quantitative estimate of drug-likeness (QED) is 0.706. The number of carbonyl (C=O) groups excluding carboxylic acids is 1. The Kier molecular flexibility index (Phi) is 5.79. The molecule has 4 nitrogen and oxygen atoms in total. The normalized spacial score (nSPS) is 11.9. The molecule has 1 N–H and O–H groups in total. The summed E-state index contributed by atoms with van der Waals surface area (Å²) in [7, 11) is 0. The Labute approximate surface area is 152 Å². The summed E-state index contributed by atoms with van der Waals surface area (Å²) < 4.78 is 16.3. The summed E-state index contributed by atoms with van der Waals surface area (Å²) in [6.45, 7) is 3.09. The molecule has 134 valence electrons. The maximum atomic E-state index is 14.3. The third-order valence-corrected chi connectivity index (χ3v) is 4.47. The number of nitrogens with one attached hydrogen (secondary N) is 1. The first-order valence-electron chi connectivity index (χ1n) is 8.69. The number of halogens is 1. The Morgan fingerprint density at radius 2 is 1.88 bits per heavy atom. The van der Waals surface area contributed by atoms with E-state index in [4.69, 9.17) is 0 Å². The number of amides is 1. The highest BCUT2D eigenvalue weighted by atomic mass is 19.1. The monoisotopic (exact) mass is 351 g/mol. The molecule has 1 amide bonds. The predicted molar refractivity (Wildman–Crippen MR) is 99.3 cm³/mol. The van der Waals surface area contributed by atoms with Gasteiger partial charge >= 0.3 is 0 Å². The molecule has 0 fully saturated rings. The highest BCUT2D eigenvalue weighted by molar-refractivity contribution is 5.77. The van der Waals surface area contributed by atoms with Crippen LogP contribution in [0.3, 0.4) is 0 Å². The van der Waals surface area contributed by atoms with Gasteiger partial charge in [0.05, 0.1) is 0 Å². The van der Waals surface area contributed by atoms with Gasteiger partial charge in [0.2, 0.25) is 5.91 Å². The van der Waals surface area contributed by atoms with Crippen LogP contribution < -0.4 is 5.32 Å². The molecule has 1 atom stereocenters. The first-order valence-corrected chi connectivity index (χ1v) is 8.69. The Balaban J connectivity index is 1.69. The molecule has 1 aromatic heterocycles. The fraction of sp³-hybridized carbons (Fsp3) is 0.238. The fourth-order valence-electron chi connectivity index (χ4n) is 3.06. The molecular weight excluding hydrogens is 329 g/mol. The van der Waals surface area contributed by atoms with Crippen LogP contribution in [-0.4, -0.2) is 22.0 Å². The molecule has 5 heteroatoms. The largest absolute Gasteiger partial charge is 0.354 e. The second-order valence-electron chi connectivity index (χ2n) is 6.21. The number of carbonyl (C=O) groups is 1. The van der Waals surface area contributed by atoms with Crippen LogP contribution in [0, 0.1) is 12.7 Å². The summed E-state index contributed by atoms with van der Waals surface area (Å²) in [6.07, 6.45) is 3.82. The second-order valence-corrected chi connectivity index (χ2v) is 6.21. The molecule has 0 aliphatic heterocycles. The third kappa shape index (κ3) is 4.36. The number of rotatable bonds is 7. The highest BCUT2D eigenvalue weighted by Crippen LogP contribution is 2.29. The number of aromatic nitrogens is 2. The van der Waals surface area contributed by atoms with Crippen molar-refractivity contribution in [2.45, 2.75) is 25.8 Å². The van der Waals surface area contributed by atoms with Crippen LogP contribution >= 0.6 is 0 Å². The molecule has 2 aromatic carbocycles. The SMILES string of the molecule is Cc1nccn1CCNC(=O)CC(c1ccccc1)c1ccccc1F. The molecule has 0 aliphatic carbocycles. The van der Waals surface area contributed by atoms with E-state index in [0.29, 0.717) is 18.7 Å². The van der Waals surface area contributed by atoms with E-state index in [1.165, 1.54) is 6.07 Å². The van der Waals surface area contributed by atoms with E-state index in [0.717, 1.165) is 11.4 Å². The fourth-order valence-corrected chi connectivity index (χ4v) is 3.06. The van der Waals surface area contributed by atoms with Crippen molar-refractivity contribution in [1.29, 1.82) is 0 Å². The van der Waals surface area contributed by atoms with Gasteiger partial charge in [0.1, 0.15) is 11.6 Å². The van der Waals surface area contributed by atoms with E-state index in [9.17, 15) is 9.18 Å². The molecule has 26 heavy (non-hydrogen) atoms. The molecule has 0 spiro atoms. The van der Waals surface area contributed by atoms with Gasteiger partial charge in [-0.3, -0.25) is 4.79 Å². The van der Waals surface area contributed by atoms with Crippen LogP contribution in [0.2, 0.25) is 0 Å². The zero-order valence-electron chi connectivity index (χ0n) is 14.7. The van der Waals surface area contributed by atoms with Gasteiger partial charge in [-0.25, -0.2) is 9.37 Å². The van der Waals surface area contributed by atoms with Crippen molar-refractivity contribution in [3.8, 4) is 0 Å². The Bertz CT molecular complexity index is 860. The summed E-state index contributed by atoms with van der Waals surface area (Å²) in [5, 5.41) is 2.93. The van der Waals surface area contributed by atoms with Crippen LogP contribution in [-0.2, 0) is 11.3 Å². The van der Waals surface area contributed by atoms with Crippen molar-refractivity contribution in [3.05, 3.63) is 89.8 Å². The van der Waals surface area contributed by atoms with Crippen LogP contribution in [0.5, 0.6) is 0 Å². The number of imidazole rings is 1. The van der Waals surface area contributed by atoms with E-state index in [-0.39, 0.29) is 24.1 Å². The minimum atomic E-state index is -0.313. The first-order chi connectivity index (χ1) is 12.6. The van der Waals surface area contributed by atoms with E-state index < -0.39 is 0 Å². The molecular formula is C21H22FN3O. The highest BCUT2D eigenvalue weighted by Gasteiger charge is 2.20. The van der Waals surface area contributed by atoms with Crippen molar-refractivity contribution >= 4 is 5.91 Å². The maximum Gasteiger partial charge on any atom is 0.221 e. The van der Waals surface area contributed by atoms with Crippen molar-refractivity contribution in [1.82, 2.24) is 14.9 Å². The number of hydrogen-bond donors (Lipinski definition) is 1. The smallest absolute Gasteiger partial charge is 0.221 e. The average molecular weight is 351 g/mol. The Morgan fingerprint density at radius 1 is 1.15 bits per heavy atom. The van der Waals surface area contributed by atoms with Gasteiger partial charge in [-0.2, -0.15) is 0 Å². The Hall–Kier alpha value is -2.95. The van der Waals surface area contributed by atoms with E-state index >= 15 is 0 Å². The number of aryl methyl sites for hydroxylation is 1. The Morgan fingerprint density at radius 3 is 2.58 bits per heavy atom. The van der Waals surface area contributed by atoms with E-state index in [2.05, 4.69) is 10.3 Å². The average Bonchev–Trinajstić information content (AvgIpc) is 3.06. The van der Waals surface area contributed by atoms with Gasteiger partial charge < -0.3 is 9.88 Å². The maximum absolute atomic E-state index is 14.3. The molecule has 0 radical (unpaired) electrons. The standard InChI is InChI=1S/C21H22FN3O/c1-16-23-11-13-25(16)14-12-24-21(26)15-19(17-7-3-2-4-8-17)18-9-5-6-10-20(18)22/h2-11,13,19H,12,14-15H2,1H3,(H,24,26). The molecule has 0 aliphatic rings. The minimum absolute atomic E-state index is 0.0973. The van der Waals surface area contributed by atoms with Gasteiger partial charge in [0, 0.05) is 37.8 Å². The van der Waals surface area contributed by atoms with Gasteiger partial charge in [-0.1, -0.05) is 48.5 Å². The summed E-state index contributed by atoms with van der Waals surface area (Å²) in [4.78, 5) is 16.6. The zero-order valence-corrected chi connectivity index (χ0v) is 14.7. The van der Waals surface area contributed by atoms with Crippen LogP contribution in [0.15, 0.2) is 67.0 Å². The molecule has 1 heterocycles. The van der Waals surface area contributed by atoms with Crippen LogP contribution in [0.4, 0.5) is 4.39 Å². The second kappa shape index (κ2) is 8.43. The number of hydrogen-bond acceptors (Lipinski definition) is 2. The number of nitrogens with zero attached hydrogens (tertiary/aromatic N) is 2. The molecule has 1 unspecified atom stereocenters. The lowest BCUT2D eigenvalue weighted by molar-refractivity contribution is -0.121. The molecule has 0 bridgehead atoms. The van der Waals surface area contributed by atoms with Crippen LogP contribution in [0.25, 0.3) is 0 Å². The van der Waals surface area contributed by atoms with Gasteiger partial charge in [-0.15, -0.1) is 0 Å². The first kappa shape index (κ1) is 17.9. The zero-order chi connectivity index (χ0) is 18.4. The third-order valence-electron chi connectivity index (χ3n) is 4.47. The topological polar surface area (TPSA) is 46.9 Å². The van der Waals surface area contributed by atoms with Gasteiger partial charge in [0.15, 0.2) is 0 Å². The van der Waals surface area contributed by atoms with Crippen molar-refractivity contribution in [2.24, 2.45) is 0 Å². The summed E-state index contributed by atoms with van der Waals surface area (Å²) in [5.41, 5.74) is 1.47. The lowest BCUT2D eigenvalue weighted by atomic mass is 9.88. The summed E-state index contributed by atoms with van der Waals surface area (Å²) in [5.74, 6) is 0.211. The summed E-state index contributed by atoms with van der Waals surface area (Å²) >= 11 is 0. The molecule has 3 aromatic rings. The molecule has 0 saturated carbocycles. The predicted octanol–water partition coefficient (Wildman–Crippen LogP) is 3.67. The van der Waals surface area contributed by atoms with E-state index in [1.54, 1.807) is 24.4 Å². The lowest BCUT2D eigenvalue weighted by Gasteiger charge is -2.18. The minimum Gasteiger partial charge on any atom is -0.354 e. The lowest BCUT2D eigenvalue weighted by Crippen LogP contribution is -2.29. The van der Waals surface area contributed by atoms with Crippen molar-refractivity contribution in [2.75, 3.05) is 6.54 Å². The van der Waals surface area contributed by atoms with Gasteiger partial charge in [0.25, 0.3) is 0 Å². The van der Waals surface area contributed by atoms with Crippen molar-refractivity contribution in [3.63, 3.8) is 0 Å².